The van der Waals surface area contributed by atoms with Gasteiger partial charge in [0, 0.05) is 19.3 Å². The second-order valence-corrected chi connectivity index (χ2v) is 22.4. The number of esters is 3. The highest BCUT2D eigenvalue weighted by atomic mass is 16.6. The third-order valence-corrected chi connectivity index (χ3v) is 14.8. The molecule has 0 heterocycles. The highest BCUT2D eigenvalue weighted by molar-refractivity contribution is 5.71. The molecule has 1 atom stereocenters. The Balaban J connectivity index is 4.34. The monoisotopic (exact) mass is 1050 g/mol. The van der Waals surface area contributed by atoms with Crippen LogP contribution in [0.2, 0.25) is 0 Å². The van der Waals surface area contributed by atoms with Crippen LogP contribution in [0.15, 0.2) is 48.6 Å². The van der Waals surface area contributed by atoms with Crippen molar-refractivity contribution in [3.8, 4) is 0 Å². The Kier molecular flexibility index (Phi) is 61.7. The van der Waals surface area contributed by atoms with Crippen LogP contribution in [0, 0.1) is 0 Å². The molecule has 0 unspecified atom stereocenters. The topological polar surface area (TPSA) is 78.9 Å². The van der Waals surface area contributed by atoms with E-state index in [1.54, 1.807) is 0 Å². The summed E-state index contributed by atoms with van der Waals surface area (Å²) >= 11 is 0. The van der Waals surface area contributed by atoms with Crippen LogP contribution in [0.25, 0.3) is 0 Å². The molecule has 6 nitrogen and oxygen atoms in total. The first-order valence-corrected chi connectivity index (χ1v) is 33.1. The predicted octanol–water partition coefficient (Wildman–Crippen LogP) is 22.6. The van der Waals surface area contributed by atoms with Gasteiger partial charge < -0.3 is 14.2 Å². The van der Waals surface area contributed by atoms with Gasteiger partial charge in [-0.15, -0.1) is 0 Å². The van der Waals surface area contributed by atoms with Gasteiger partial charge in [0.25, 0.3) is 0 Å². The Morgan fingerprint density at radius 3 is 0.813 bits per heavy atom. The summed E-state index contributed by atoms with van der Waals surface area (Å²) in [5.74, 6) is -0.899. The van der Waals surface area contributed by atoms with Gasteiger partial charge in [0.05, 0.1) is 0 Å². The van der Waals surface area contributed by atoms with Gasteiger partial charge >= 0.3 is 17.9 Å². The van der Waals surface area contributed by atoms with Crippen molar-refractivity contribution in [1.82, 2.24) is 0 Å². The molecular formula is C69H126O6. The predicted molar refractivity (Wildman–Crippen MR) is 325 cm³/mol. The first-order valence-electron chi connectivity index (χ1n) is 33.1. The number of hydrogen-bond acceptors (Lipinski definition) is 6. The Labute approximate surface area is 467 Å². The summed E-state index contributed by atoms with van der Waals surface area (Å²) in [5, 5.41) is 0. The number of hydrogen-bond donors (Lipinski definition) is 0. The molecule has 0 bridgehead atoms. The maximum Gasteiger partial charge on any atom is 0.306 e. The number of unbranched alkanes of at least 4 members (excludes halogenated alkanes) is 42. The van der Waals surface area contributed by atoms with Gasteiger partial charge in [0.15, 0.2) is 6.10 Å². The molecule has 0 saturated carbocycles. The van der Waals surface area contributed by atoms with E-state index in [1.807, 2.05) is 0 Å². The van der Waals surface area contributed by atoms with Crippen molar-refractivity contribution in [2.24, 2.45) is 0 Å². The molecule has 6 heteroatoms. The van der Waals surface area contributed by atoms with Crippen molar-refractivity contribution in [2.75, 3.05) is 13.2 Å². The molecule has 0 spiro atoms. The molecular weight excluding hydrogens is 925 g/mol. The van der Waals surface area contributed by atoms with Crippen molar-refractivity contribution in [2.45, 2.75) is 361 Å². The zero-order valence-electron chi connectivity index (χ0n) is 50.3. The van der Waals surface area contributed by atoms with Gasteiger partial charge in [0.2, 0.25) is 0 Å². The van der Waals surface area contributed by atoms with Crippen LogP contribution in [0.4, 0.5) is 0 Å². The van der Waals surface area contributed by atoms with Crippen LogP contribution in [-0.4, -0.2) is 37.2 Å². The minimum Gasteiger partial charge on any atom is -0.462 e. The zero-order valence-corrected chi connectivity index (χ0v) is 50.3. The Bertz CT molecular complexity index is 1300. The lowest BCUT2D eigenvalue weighted by atomic mass is 10.0. The van der Waals surface area contributed by atoms with Gasteiger partial charge in [-0.2, -0.15) is 0 Å². The van der Waals surface area contributed by atoms with Gasteiger partial charge in [0.1, 0.15) is 13.2 Å². The molecule has 0 aliphatic carbocycles. The van der Waals surface area contributed by atoms with E-state index in [4.69, 9.17) is 14.2 Å². The van der Waals surface area contributed by atoms with E-state index in [0.29, 0.717) is 19.3 Å². The van der Waals surface area contributed by atoms with Gasteiger partial charge in [-0.1, -0.05) is 301 Å². The van der Waals surface area contributed by atoms with Gasteiger partial charge in [-0.05, 0) is 83.5 Å². The fraction of sp³-hybridized carbons (Fsp3) is 0.841. The van der Waals surface area contributed by atoms with E-state index in [-0.39, 0.29) is 31.1 Å². The molecule has 0 saturated heterocycles. The normalized spacial score (nSPS) is 12.3. The van der Waals surface area contributed by atoms with Crippen molar-refractivity contribution in [3.05, 3.63) is 48.6 Å². The standard InChI is InChI=1S/C69H126O6/c1-4-7-10-13-16-19-22-25-28-30-32-34-36-38-41-44-47-50-53-56-59-62-68(71)74-65-66(64-73-67(70)61-58-55-52-49-46-43-40-27-24-21-18-15-12-9-6-3)75-69(72)63-60-57-54-51-48-45-42-39-37-35-33-31-29-26-23-20-17-14-11-8-5-2/h18,21,25,27-28,40,46,49,66H,4-17,19-20,22-24,26,29-39,41-45,47-48,50-65H2,1-3H3/b21-18-,28-25-,40-27-,49-46-/t66-/m1/s1. The molecule has 0 aromatic heterocycles. The Hall–Kier alpha value is -2.63. The average molecular weight is 1050 g/mol. The maximum atomic E-state index is 12.9. The van der Waals surface area contributed by atoms with Crippen molar-refractivity contribution < 1.29 is 28.6 Å². The van der Waals surface area contributed by atoms with Crippen molar-refractivity contribution in [3.63, 3.8) is 0 Å². The Morgan fingerprint density at radius 1 is 0.267 bits per heavy atom. The van der Waals surface area contributed by atoms with E-state index in [1.165, 1.54) is 244 Å². The molecule has 0 aromatic carbocycles. The minimum atomic E-state index is -0.788. The Morgan fingerprint density at radius 2 is 0.480 bits per heavy atom. The van der Waals surface area contributed by atoms with E-state index in [2.05, 4.69) is 69.4 Å². The summed E-state index contributed by atoms with van der Waals surface area (Å²) in [6.07, 6.45) is 79.8. The summed E-state index contributed by atoms with van der Waals surface area (Å²) in [6.45, 7) is 6.64. The summed E-state index contributed by atoms with van der Waals surface area (Å²) in [4.78, 5) is 38.3. The van der Waals surface area contributed by atoms with Crippen molar-refractivity contribution in [1.29, 1.82) is 0 Å². The molecule has 75 heavy (non-hydrogen) atoms. The number of carbonyl (C=O) groups excluding carboxylic acids is 3. The smallest absolute Gasteiger partial charge is 0.306 e. The minimum absolute atomic E-state index is 0.0817. The lowest BCUT2D eigenvalue weighted by Gasteiger charge is -2.18. The molecule has 0 aliphatic heterocycles. The first kappa shape index (κ1) is 72.4. The quantitative estimate of drug-likeness (QED) is 0.0261. The molecule has 0 aromatic rings. The van der Waals surface area contributed by atoms with Crippen LogP contribution in [0.1, 0.15) is 355 Å². The molecule has 0 radical (unpaired) electrons. The summed E-state index contributed by atoms with van der Waals surface area (Å²) < 4.78 is 16.9. The van der Waals surface area contributed by atoms with Crippen LogP contribution in [-0.2, 0) is 28.6 Å². The van der Waals surface area contributed by atoms with Crippen LogP contribution < -0.4 is 0 Å². The average Bonchev–Trinajstić information content (AvgIpc) is 3.41. The number of carbonyl (C=O) groups is 3. The highest BCUT2D eigenvalue weighted by Crippen LogP contribution is 2.18. The second kappa shape index (κ2) is 63.9. The van der Waals surface area contributed by atoms with Crippen LogP contribution >= 0.6 is 0 Å². The largest absolute Gasteiger partial charge is 0.462 e. The molecule has 0 aliphatic rings. The summed E-state index contributed by atoms with van der Waals surface area (Å²) in [7, 11) is 0. The first-order chi connectivity index (χ1) is 37.0. The highest BCUT2D eigenvalue weighted by Gasteiger charge is 2.19. The number of rotatable bonds is 61. The molecule has 0 rings (SSSR count). The summed E-state index contributed by atoms with van der Waals surface area (Å²) in [6, 6.07) is 0. The molecule has 0 N–H and O–H groups in total. The molecule has 0 fully saturated rings. The molecule has 0 amide bonds. The third kappa shape index (κ3) is 62.1. The molecule has 438 valence electrons. The summed E-state index contributed by atoms with van der Waals surface area (Å²) in [5.41, 5.74) is 0. The van der Waals surface area contributed by atoms with Gasteiger partial charge in [-0.3, -0.25) is 14.4 Å². The lowest BCUT2D eigenvalue weighted by Crippen LogP contribution is -2.30. The number of ether oxygens (including phenoxy) is 3. The van der Waals surface area contributed by atoms with Gasteiger partial charge in [-0.25, -0.2) is 0 Å². The SMILES string of the molecule is CCCCC/C=C\C/C=C\C/C=C\CCCCC(=O)OC[C@H](COC(=O)CCCCCCCCCCCCC/C=C\CCCCCCCC)OC(=O)CCCCCCCCCCCCCCCCCCCCCCC. The zero-order chi connectivity index (χ0) is 54.3. The number of allylic oxidation sites excluding steroid dienone is 8. The van der Waals surface area contributed by atoms with E-state index < -0.39 is 6.10 Å². The second-order valence-electron chi connectivity index (χ2n) is 22.4. The fourth-order valence-corrected chi connectivity index (χ4v) is 9.80. The van der Waals surface area contributed by atoms with E-state index >= 15 is 0 Å². The van der Waals surface area contributed by atoms with Crippen molar-refractivity contribution >= 4 is 17.9 Å². The van der Waals surface area contributed by atoms with E-state index in [9.17, 15) is 14.4 Å². The van der Waals surface area contributed by atoms with Crippen LogP contribution in [0.3, 0.4) is 0 Å². The maximum absolute atomic E-state index is 12.9. The van der Waals surface area contributed by atoms with E-state index in [0.717, 1.165) is 70.6 Å². The van der Waals surface area contributed by atoms with Crippen LogP contribution in [0.5, 0.6) is 0 Å². The lowest BCUT2D eigenvalue weighted by molar-refractivity contribution is -0.167. The fourth-order valence-electron chi connectivity index (χ4n) is 9.80. The third-order valence-electron chi connectivity index (χ3n) is 14.8.